The van der Waals surface area contributed by atoms with E-state index in [4.69, 9.17) is 4.74 Å². The Hall–Kier alpha value is -2.30. The van der Waals surface area contributed by atoms with Crippen LogP contribution in [0.25, 0.3) is 11.3 Å². The quantitative estimate of drug-likeness (QED) is 0.898. The van der Waals surface area contributed by atoms with Crippen LogP contribution in [0.2, 0.25) is 0 Å². The van der Waals surface area contributed by atoms with Gasteiger partial charge in [-0.25, -0.2) is 4.79 Å². The van der Waals surface area contributed by atoms with Crippen molar-refractivity contribution in [3.8, 4) is 17.0 Å². The van der Waals surface area contributed by atoms with Crippen LogP contribution < -0.4 is 4.74 Å². The van der Waals surface area contributed by atoms with Gasteiger partial charge in [-0.2, -0.15) is 5.10 Å². The maximum absolute atomic E-state index is 11.4. The van der Waals surface area contributed by atoms with Gasteiger partial charge in [0.1, 0.15) is 17.0 Å². The van der Waals surface area contributed by atoms with E-state index in [1.165, 1.54) is 0 Å². The molecule has 0 aliphatic carbocycles. The first kappa shape index (κ1) is 14.1. The predicted molar refractivity (Wildman–Crippen MR) is 76.4 cm³/mol. The summed E-state index contributed by atoms with van der Waals surface area (Å²) in [5, 5.41) is 16.2. The lowest BCUT2D eigenvalue weighted by molar-refractivity contribution is 0.0697. The molecular weight excluding hydrogens is 256 g/mol. The van der Waals surface area contributed by atoms with Gasteiger partial charge in [0.25, 0.3) is 0 Å². The Morgan fingerprint density at radius 3 is 2.60 bits per heavy atom. The van der Waals surface area contributed by atoms with Gasteiger partial charge in [-0.3, -0.25) is 5.10 Å². The van der Waals surface area contributed by atoms with Gasteiger partial charge in [0.05, 0.1) is 6.61 Å². The Bertz CT molecular complexity index is 659. The lowest BCUT2D eigenvalue weighted by atomic mass is 9.98. The predicted octanol–water partition coefficient (Wildman–Crippen LogP) is 3.10. The number of hydrogen-bond donors (Lipinski definition) is 2. The third kappa shape index (κ3) is 2.39. The van der Waals surface area contributed by atoms with Crippen molar-refractivity contribution in [2.24, 2.45) is 0 Å². The van der Waals surface area contributed by atoms with Gasteiger partial charge in [-0.15, -0.1) is 0 Å². The number of carbonyl (C=O) groups is 1. The molecule has 5 heteroatoms. The molecule has 0 amide bonds. The topological polar surface area (TPSA) is 75.2 Å². The van der Waals surface area contributed by atoms with Gasteiger partial charge in [0, 0.05) is 11.3 Å². The third-order valence-electron chi connectivity index (χ3n) is 3.24. The molecule has 0 unspecified atom stereocenters. The van der Waals surface area contributed by atoms with Crippen molar-refractivity contribution in [1.29, 1.82) is 0 Å². The normalized spacial score (nSPS) is 10.6. The summed E-state index contributed by atoms with van der Waals surface area (Å²) in [7, 11) is 0. The van der Waals surface area contributed by atoms with E-state index in [2.05, 4.69) is 10.2 Å². The third-order valence-corrected chi connectivity index (χ3v) is 3.24. The average Bonchev–Trinajstić information content (AvgIpc) is 2.75. The van der Waals surface area contributed by atoms with E-state index in [-0.39, 0.29) is 5.56 Å². The maximum atomic E-state index is 11.4. The minimum absolute atomic E-state index is 0.219. The number of aromatic carboxylic acids is 1. The summed E-state index contributed by atoms with van der Waals surface area (Å²) >= 11 is 0. The van der Waals surface area contributed by atoms with Crippen LogP contribution in [0.3, 0.4) is 0 Å². The van der Waals surface area contributed by atoms with Crippen LogP contribution in [0, 0.1) is 20.8 Å². The first-order valence-electron chi connectivity index (χ1n) is 6.48. The minimum Gasteiger partial charge on any atom is -0.494 e. The van der Waals surface area contributed by atoms with Crippen molar-refractivity contribution in [2.75, 3.05) is 6.61 Å². The van der Waals surface area contributed by atoms with Crippen LogP contribution in [-0.4, -0.2) is 27.9 Å². The number of carboxylic acids is 1. The molecule has 0 fully saturated rings. The molecule has 0 spiro atoms. The number of carboxylic acid groups (broad SMARTS) is 1. The van der Waals surface area contributed by atoms with Crippen LogP contribution in [0.1, 0.15) is 34.1 Å². The van der Waals surface area contributed by atoms with Crippen LogP contribution >= 0.6 is 0 Å². The summed E-state index contributed by atoms with van der Waals surface area (Å²) in [4.78, 5) is 11.4. The molecule has 2 rings (SSSR count). The fourth-order valence-electron chi connectivity index (χ4n) is 2.24. The van der Waals surface area contributed by atoms with Gasteiger partial charge < -0.3 is 9.84 Å². The smallest absolute Gasteiger partial charge is 0.339 e. The lowest BCUT2D eigenvalue weighted by Crippen LogP contribution is -2.01. The molecule has 2 aromatic rings. The van der Waals surface area contributed by atoms with Gasteiger partial charge in [-0.05, 0) is 51.0 Å². The zero-order valence-corrected chi connectivity index (χ0v) is 12.1. The van der Waals surface area contributed by atoms with Gasteiger partial charge in [0.2, 0.25) is 0 Å². The minimum atomic E-state index is -0.975. The van der Waals surface area contributed by atoms with Gasteiger partial charge >= 0.3 is 5.97 Å². The number of aryl methyl sites for hydroxylation is 3. The van der Waals surface area contributed by atoms with Crippen molar-refractivity contribution in [3.05, 3.63) is 34.5 Å². The van der Waals surface area contributed by atoms with Crippen molar-refractivity contribution in [1.82, 2.24) is 10.2 Å². The summed E-state index contributed by atoms with van der Waals surface area (Å²) in [6, 6.07) is 3.84. The largest absolute Gasteiger partial charge is 0.494 e. The summed E-state index contributed by atoms with van der Waals surface area (Å²) in [6.45, 7) is 8.10. The Morgan fingerprint density at radius 1 is 1.30 bits per heavy atom. The molecule has 0 aliphatic heterocycles. The van der Waals surface area contributed by atoms with E-state index in [1.807, 2.05) is 32.9 Å². The number of H-pyrrole nitrogens is 1. The number of benzene rings is 1. The van der Waals surface area contributed by atoms with E-state index in [1.54, 1.807) is 6.92 Å². The molecule has 106 valence electrons. The molecule has 20 heavy (non-hydrogen) atoms. The zero-order valence-electron chi connectivity index (χ0n) is 12.1. The summed E-state index contributed by atoms with van der Waals surface area (Å²) in [5.74, 6) is -0.157. The number of hydrogen-bond acceptors (Lipinski definition) is 3. The molecule has 1 aromatic carbocycles. The van der Waals surface area contributed by atoms with E-state index < -0.39 is 5.97 Å². The maximum Gasteiger partial charge on any atom is 0.339 e. The monoisotopic (exact) mass is 274 g/mol. The van der Waals surface area contributed by atoms with Crippen LogP contribution in [0.5, 0.6) is 5.75 Å². The van der Waals surface area contributed by atoms with Gasteiger partial charge in [0.15, 0.2) is 0 Å². The van der Waals surface area contributed by atoms with Crippen molar-refractivity contribution in [2.45, 2.75) is 27.7 Å². The van der Waals surface area contributed by atoms with E-state index in [0.29, 0.717) is 18.0 Å². The molecule has 1 heterocycles. The number of ether oxygens (including phenoxy) is 1. The Kier molecular flexibility index (Phi) is 3.79. The zero-order chi connectivity index (χ0) is 14.9. The fourth-order valence-corrected chi connectivity index (χ4v) is 2.24. The summed E-state index contributed by atoms with van der Waals surface area (Å²) in [5.41, 5.74) is 3.96. The number of nitrogens with one attached hydrogen (secondary N) is 1. The van der Waals surface area contributed by atoms with Crippen molar-refractivity contribution >= 4 is 5.97 Å². The molecule has 1 aromatic heterocycles. The first-order valence-corrected chi connectivity index (χ1v) is 6.48. The number of nitrogens with zero attached hydrogens (tertiary/aromatic N) is 1. The highest BCUT2D eigenvalue weighted by Crippen LogP contribution is 2.31. The standard InChI is InChI=1S/C15H18N2O3/c1-5-20-12-7-8(2)11(6-9(12)3)14-13(15(18)19)10(4)16-17-14/h6-7H,5H2,1-4H3,(H,16,17)(H,18,19). The second kappa shape index (κ2) is 5.36. The Labute approximate surface area is 117 Å². The Morgan fingerprint density at radius 2 is 2.00 bits per heavy atom. The number of aromatic amines is 1. The Balaban J connectivity index is 2.59. The highest BCUT2D eigenvalue weighted by Gasteiger charge is 2.20. The van der Waals surface area contributed by atoms with Crippen LogP contribution in [0.15, 0.2) is 12.1 Å². The lowest BCUT2D eigenvalue weighted by Gasteiger charge is -2.11. The van der Waals surface area contributed by atoms with Crippen molar-refractivity contribution in [3.63, 3.8) is 0 Å². The van der Waals surface area contributed by atoms with Crippen molar-refractivity contribution < 1.29 is 14.6 Å². The summed E-state index contributed by atoms with van der Waals surface area (Å²) < 4.78 is 5.55. The fraction of sp³-hybridized carbons (Fsp3) is 0.333. The van der Waals surface area contributed by atoms with E-state index in [0.717, 1.165) is 22.4 Å². The highest BCUT2D eigenvalue weighted by atomic mass is 16.5. The molecule has 0 atom stereocenters. The molecule has 0 saturated carbocycles. The molecular formula is C15H18N2O3. The molecule has 0 aliphatic rings. The second-order valence-electron chi connectivity index (χ2n) is 4.74. The van der Waals surface area contributed by atoms with Gasteiger partial charge in [-0.1, -0.05) is 0 Å². The van der Waals surface area contributed by atoms with Crippen LogP contribution in [0.4, 0.5) is 0 Å². The van der Waals surface area contributed by atoms with Crippen LogP contribution in [-0.2, 0) is 0 Å². The van der Waals surface area contributed by atoms with E-state index in [9.17, 15) is 9.90 Å². The molecule has 0 radical (unpaired) electrons. The molecule has 0 bridgehead atoms. The highest BCUT2D eigenvalue weighted by molar-refractivity contribution is 5.96. The number of rotatable bonds is 4. The first-order chi connectivity index (χ1) is 9.45. The molecule has 5 nitrogen and oxygen atoms in total. The molecule has 2 N–H and O–H groups in total. The summed E-state index contributed by atoms with van der Waals surface area (Å²) in [6.07, 6.45) is 0. The SMILES string of the molecule is CCOc1cc(C)c(-c2n[nH]c(C)c2C(=O)O)cc1C. The average molecular weight is 274 g/mol. The molecule has 0 saturated heterocycles. The van der Waals surface area contributed by atoms with E-state index >= 15 is 0 Å². The second-order valence-corrected chi connectivity index (χ2v) is 4.74. The number of aromatic nitrogens is 2.